The molecule has 0 N–H and O–H groups in total. The zero-order chi connectivity index (χ0) is 5.86. The largest absolute Gasteiger partial charge is 0.295 e. The lowest BCUT2D eigenvalue weighted by molar-refractivity contribution is -0.113. The highest BCUT2D eigenvalue weighted by Crippen LogP contribution is 1.93. The van der Waals surface area contributed by atoms with Gasteiger partial charge in [0.2, 0.25) is 0 Å². The van der Waals surface area contributed by atoms with E-state index in [1.807, 2.05) is 0 Å². The number of thiol groups is 1. The predicted octanol–water partition coefficient (Wildman–Crippen LogP) is 1.41. The van der Waals surface area contributed by atoms with Gasteiger partial charge in [0.05, 0.1) is 0 Å². The van der Waals surface area contributed by atoms with Gasteiger partial charge in [-0.15, -0.1) is 0 Å². The summed E-state index contributed by atoms with van der Waals surface area (Å²) in [7, 11) is 0. The van der Waals surface area contributed by atoms with E-state index < -0.39 is 0 Å². The van der Waals surface area contributed by atoms with Crippen LogP contribution in [0.5, 0.6) is 0 Å². The van der Waals surface area contributed by atoms with Crippen LogP contribution in [0.3, 0.4) is 0 Å². The van der Waals surface area contributed by atoms with E-state index in [9.17, 15) is 4.79 Å². The second-order valence-corrected chi connectivity index (χ2v) is 1.63. The first-order valence-electron chi connectivity index (χ1n) is 2.00. The third kappa shape index (κ3) is 2.45. The van der Waals surface area contributed by atoms with Gasteiger partial charge in [-0.3, -0.25) is 4.79 Å². The molecule has 0 rings (SSSR count). The van der Waals surface area contributed by atoms with Gasteiger partial charge in [-0.05, 0) is 24.8 Å². The number of rotatable bonds is 1. The van der Waals surface area contributed by atoms with Crippen molar-refractivity contribution in [1.29, 1.82) is 0 Å². The number of ketones is 1. The van der Waals surface area contributed by atoms with Crippen LogP contribution < -0.4 is 0 Å². The van der Waals surface area contributed by atoms with Gasteiger partial charge in [0, 0.05) is 0 Å². The summed E-state index contributed by atoms with van der Waals surface area (Å²) in [5.41, 5.74) is 0.698. The van der Waals surface area contributed by atoms with E-state index >= 15 is 0 Å². The fraction of sp³-hybridized carbons (Fsp3) is 0.400. The fourth-order valence-electron chi connectivity index (χ4n) is 0.0909. The standard InChI is InChI=1S/C5H8OS/c1-4(3-7)5(2)6/h3,7H,1-2H3/b4-3-. The minimum atomic E-state index is 0.0787. The van der Waals surface area contributed by atoms with Gasteiger partial charge in [-0.25, -0.2) is 0 Å². The minimum Gasteiger partial charge on any atom is -0.295 e. The lowest BCUT2D eigenvalue weighted by Gasteiger charge is -1.84. The average molecular weight is 116 g/mol. The Balaban J connectivity index is 3.82. The summed E-state index contributed by atoms with van der Waals surface area (Å²) in [6, 6.07) is 0. The van der Waals surface area contributed by atoms with Gasteiger partial charge in [0.25, 0.3) is 0 Å². The van der Waals surface area contributed by atoms with Gasteiger partial charge >= 0.3 is 0 Å². The quantitative estimate of drug-likeness (QED) is 0.405. The molecule has 0 aliphatic carbocycles. The Labute approximate surface area is 48.8 Å². The zero-order valence-electron chi connectivity index (χ0n) is 4.43. The van der Waals surface area contributed by atoms with Gasteiger partial charge in [0.15, 0.2) is 5.78 Å². The number of carbonyl (C=O) groups is 1. The first-order chi connectivity index (χ1) is 3.18. The van der Waals surface area contributed by atoms with Crippen LogP contribution in [0.4, 0.5) is 0 Å². The molecule has 0 saturated carbocycles. The molecule has 0 unspecified atom stereocenters. The molecule has 0 amide bonds. The van der Waals surface area contributed by atoms with E-state index in [0.29, 0.717) is 5.57 Å². The van der Waals surface area contributed by atoms with Crippen molar-refractivity contribution >= 4 is 18.4 Å². The molecule has 2 heteroatoms. The van der Waals surface area contributed by atoms with Crippen molar-refractivity contribution in [2.75, 3.05) is 0 Å². The molecule has 0 saturated heterocycles. The number of allylic oxidation sites excluding steroid dienone is 1. The van der Waals surface area contributed by atoms with Crippen molar-refractivity contribution in [1.82, 2.24) is 0 Å². The molecule has 0 atom stereocenters. The van der Waals surface area contributed by atoms with E-state index in [0.717, 1.165) is 0 Å². The predicted molar refractivity (Wildman–Crippen MR) is 33.4 cm³/mol. The molecule has 0 aliphatic rings. The Morgan fingerprint density at radius 1 is 1.57 bits per heavy atom. The highest BCUT2D eigenvalue weighted by Gasteiger charge is 1.89. The first kappa shape index (κ1) is 6.76. The molecular formula is C5H8OS. The van der Waals surface area contributed by atoms with Gasteiger partial charge in [-0.2, -0.15) is 12.6 Å². The van der Waals surface area contributed by atoms with Gasteiger partial charge in [-0.1, -0.05) is 0 Å². The Bertz CT molecular complexity index is 105. The maximum atomic E-state index is 10.3. The highest BCUT2D eigenvalue weighted by atomic mass is 32.1. The minimum absolute atomic E-state index is 0.0787. The number of carbonyl (C=O) groups excluding carboxylic acids is 1. The van der Waals surface area contributed by atoms with Crippen LogP contribution in [0.2, 0.25) is 0 Å². The van der Waals surface area contributed by atoms with Crippen molar-refractivity contribution in [3.8, 4) is 0 Å². The van der Waals surface area contributed by atoms with E-state index in [1.54, 1.807) is 6.92 Å². The summed E-state index contributed by atoms with van der Waals surface area (Å²) in [5.74, 6) is 0.0787. The molecule has 0 aliphatic heterocycles. The average Bonchev–Trinajstić information content (AvgIpc) is 1.65. The number of hydrogen-bond acceptors (Lipinski definition) is 2. The van der Waals surface area contributed by atoms with E-state index in [2.05, 4.69) is 12.6 Å². The summed E-state index contributed by atoms with van der Waals surface area (Å²) < 4.78 is 0. The van der Waals surface area contributed by atoms with Crippen LogP contribution in [0.25, 0.3) is 0 Å². The van der Waals surface area contributed by atoms with Crippen LogP contribution in [-0.4, -0.2) is 5.78 Å². The van der Waals surface area contributed by atoms with Crippen molar-refractivity contribution < 1.29 is 4.79 Å². The Hall–Kier alpha value is -0.240. The molecule has 0 radical (unpaired) electrons. The molecule has 1 nitrogen and oxygen atoms in total. The lowest BCUT2D eigenvalue weighted by atomic mass is 10.2. The third-order valence-corrected chi connectivity index (χ3v) is 1.14. The second-order valence-electron chi connectivity index (χ2n) is 1.37. The summed E-state index contributed by atoms with van der Waals surface area (Å²) in [6.45, 7) is 3.25. The normalized spacial score (nSPS) is 11.6. The lowest BCUT2D eigenvalue weighted by Crippen LogP contribution is -1.88. The topological polar surface area (TPSA) is 17.1 Å². The van der Waals surface area contributed by atoms with Crippen molar-refractivity contribution in [2.24, 2.45) is 0 Å². The maximum absolute atomic E-state index is 10.3. The maximum Gasteiger partial charge on any atom is 0.156 e. The van der Waals surface area contributed by atoms with Crippen LogP contribution >= 0.6 is 12.6 Å². The van der Waals surface area contributed by atoms with Crippen LogP contribution in [0.15, 0.2) is 11.0 Å². The second kappa shape index (κ2) is 2.86. The Morgan fingerprint density at radius 3 is 2.00 bits per heavy atom. The summed E-state index contributed by atoms with van der Waals surface area (Å²) in [5, 5.41) is 1.50. The van der Waals surface area contributed by atoms with E-state index in [1.165, 1.54) is 12.3 Å². The number of Topliss-reactive ketones (excluding diaryl/α,β-unsaturated/α-hetero) is 1. The molecule has 0 aromatic rings. The fourth-order valence-corrected chi connectivity index (χ4v) is 0.273. The summed E-state index contributed by atoms with van der Waals surface area (Å²) in [4.78, 5) is 10.3. The molecule has 0 spiro atoms. The smallest absolute Gasteiger partial charge is 0.156 e. The highest BCUT2D eigenvalue weighted by molar-refractivity contribution is 7.83. The van der Waals surface area contributed by atoms with Crippen molar-refractivity contribution in [3.63, 3.8) is 0 Å². The Kier molecular flexibility index (Phi) is 2.76. The monoisotopic (exact) mass is 116 g/mol. The molecular weight excluding hydrogens is 108 g/mol. The van der Waals surface area contributed by atoms with Crippen LogP contribution in [0.1, 0.15) is 13.8 Å². The SMILES string of the molecule is CC(=O)/C(C)=C\S. The first-order valence-corrected chi connectivity index (χ1v) is 2.52. The molecule has 0 bridgehead atoms. The zero-order valence-corrected chi connectivity index (χ0v) is 5.33. The van der Waals surface area contributed by atoms with E-state index in [4.69, 9.17) is 0 Å². The van der Waals surface area contributed by atoms with Crippen LogP contribution in [-0.2, 0) is 4.79 Å². The Morgan fingerprint density at radius 2 is 2.00 bits per heavy atom. The van der Waals surface area contributed by atoms with Crippen LogP contribution in [0, 0.1) is 0 Å². The van der Waals surface area contributed by atoms with Gasteiger partial charge < -0.3 is 0 Å². The van der Waals surface area contributed by atoms with Crippen molar-refractivity contribution in [2.45, 2.75) is 13.8 Å². The molecule has 0 aromatic carbocycles. The summed E-state index contributed by atoms with van der Waals surface area (Å²) in [6.07, 6.45) is 0. The third-order valence-electron chi connectivity index (χ3n) is 0.749. The van der Waals surface area contributed by atoms with Crippen molar-refractivity contribution in [3.05, 3.63) is 11.0 Å². The molecule has 0 heterocycles. The molecule has 0 aromatic heterocycles. The molecule has 0 fully saturated rings. The van der Waals surface area contributed by atoms with Gasteiger partial charge in [0.1, 0.15) is 0 Å². The summed E-state index contributed by atoms with van der Waals surface area (Å²) >= 11 is 3.77. The molecule has 40 valence electrons. The number of hydrogen-bond donors (Lipinski definition) is 1. The van der Waals surface area contributed by atoms with E-state index in [-0.39, 0.29) is 5.78 Å². The molecule has 7 heavy (non-hydrogen) atoms.